The van der Waals surface area contributed by atoms with E-state index in [1.54, 1.807) is 36.2 Å². The minimum atomic E-state index is -0.392. The van der Waals surface area contributed by atoms with Crippen molar-refractivity contribution in [1.82, 2.24) is 9.88 Å². The third-order valence-corrected chi connectivity index (χ3v) is 4.41. The van der Waals surface area contributed by atoms with Gasteiger partial charge in [0.15, 0.2) is 0 Å². The summed E-state index contributed by atoms with van der Waals surface area (Å²) < 4.78 is 5.19. The van der Waals surface area contributed by atoms with E-state index in [0.29, 0.717) is 24.3 Å². The molecule has 1 amide bonds. The van der Waals surface area contributed by atoms with Gasteiger partial charge in [0.05, 0.1) is 18.7 Å². The van der Waals surface area contributed by atoms with Crippen LogP contribution >= 0.6 is 11.3 Å². The van der Waals surface area contributed by atoms with E-state index < -0.39 is 5.97 Å². The van der Waals surface area contributed by atoms with Crippen molar-refractivity contribution in [3.05, 3.63) is 51.5 Å². The highest BCUT2D eigenvalue weighted by Gasteiger charge is 2.16. The second-order valence-electron chi connectivity index (χ2n) is 5.61. The van der Waals surface area contributed by atoms with Crippen molar-refractivity contribution in [2.45, 2.75) is 33.2 Å². The van der Waals surface area contributed by atoms with Crippen LogP contribution in [0.2, 0.25) is 0 Å². The van der Waals surface area contributed by atoms with Crippen molar-refractivity contribution in [1.29, 1.82) is 0 Å². The van der Waals surface area contributed by atoms with E-state index >= 15 is 0 Å². The number of carbonyl (C=O) groups is 2. The third kappa shape index (κ3) is 4.89. The van der Waals surface area contributed by atoms with Crippen LogP contribution in [0.4, 0.5) is 0 Å². The molecule has 0 radical (unpaired) electrons. The molecule has 0 aliphatic carbocycles. The minimum Gasteiger partial charge on any atom is -0.462 e. The number of hydrogen-bond acceptors (Lipinski definition) is 5. The van der Waals surface area contributed by atoms with E-state index in [4.69, 9.17) is 4.74 Å². The van der Waals surface area contributed by atoms with E-state index in [0.717, 1.165) is 23.5 Å². The highest BCUT2D eigenvalue weighted by molar-refractivity contribution is 7.09. The molecule has 0 atom stereocenters. The van der Waals surface area contributed by atoms with Crippen molar-refractivity contribution < 1.29 is 14.3 Å². The van der Waals surface area contributed by atoms with Crippen LogP contribution in [0.25, 0.3) is 0 Å². The minimum absolute atomic E-state index is 0.147. The topological polar surface area (TPSA) is 59.5 Å². The van der Waals surface area contributed by atoms with Crippen LogP contribution in [-0.2, 0) is 11.3 Å². The average Bonchev–Trinajstić information content (AvgIpc) is 2.99. The summed E-state index contributed by atoms with van der Waals surface area (Å²) in [6.07, 6.45) is 1.80. The van der Waals surface area contributed by atoms with Crippen LogP contribution in [0.5, 0.6) is 0 Å². The molecule has 24 heavy (non-hydrogen) atoms. The number of esters is 1. The molecule has 0 spiro atoms. The van der Waals surface area contributed by atoms with Crippen LogP contribution in [0.15, 0.2) is 29.6 Å². The summed E-state index contributed by atoms with van der Waals surface area (Å²) >= 11 is 1.53. The predicted octanol–water partition coefficient (Wildman–Crippen LogP) is 3.68. The predicted molar refractivity (Wildman–Crippen MR) is 94.3 cm³/mol. The zero-order valence-corrected chi connectivity index (χ0v) is 15.1. The van der Waals surface area contributed by atoms with E-state index in [1.807, 2.05) is 19.2 Å². The highest BCUT2D eigenvalue weighted by Crippen LogP contribution is 2.14. The maximum absolute atomic E-state index is 12.5. The third-order valence-electron chi connectivity index (χ3n) is 3.46. The number of nitrogens with zero attached hydrogens (tertiary/aromatic N) is 2. The lowest BCUT2D eigenvalue weighted by Gasteiger charge is -2.16. The number of carbonyl (C=O) groups excluding carboxylic acids is 2. The Bertz CT molecular complexity index is 712. The number of aromatic nitrogens is 1. The van der Waals surface area contributed by atoms with Crippen LogP contribution in [0.1, 0.15) is 51.2 Å². The van der Waals surface area contributed by atoms with Gasteiger partial charge < -0.3 is 9.64 Å². The van der Waals surface area contributed by atoms with Crippen molar-refractivity contribution >= 4 is 23.2 Å². The number of ether oxygens (including phenoxy) is 1. The molecule has 0 saturated heterocycles. The van der Waals surface area contributed by atoms with Gasteiger partial charge in [-0.25, -0.2) is 9.78 Å². The number of unbranched alkanes of at least 4 members (excludes halogenated alkanes) is 1. The van der Waals surface area contributed by atoms with Crippen molar-refractivity contribution in [3.63, 3.8) is 0 Å². The molecule has 2 rings (SSSR count). The number of amides is 1. The van der Waals surface area contributed by atoms with Crippen LogP contribution < -0.4 is 0 Å². The van der Waals surface area contributed by atoms with Gasteiger partial charge in [0.1, 0.15) is 5.01 Å². The summed E-state index contributed by atoms with van der Waals surface area (Å²) in [5, 5.41) is 2.85. The molecule has 0 aliphatic rings. The van der Waals surface area contributed by atoms with Gasteiger partial charge in [0.25, 0.3) is 5.91 Å². The average molecular weight is 346 g/mol. The summed E-state index contributed by atoms with van der Waals surface area (Å²) in [6.45, 7) is 4.81. The lowest BCUT2D eigenvalue weighted by atomic mass is 10.1. The summed E-state index contributed by atoms with van der Waals surface area (Å²) in [5.41, 5.74) is 1.82. The van der Waals surface area contributed by atoms with Gasteiger partial charge in [-0.1, -0.05) is 19.4 Å². The zero-order chi connectivity index (χ0) is 17.5. The number of benzene rings is 1. The molecule has 6 heteroatoms. The SMILES string of the molecule is CCCCOC(=O)c1cccc(C(=O)N(C)Cc2nc(C)cs2)c1. The molecule has 128 valence electrons. The molecule has 0 saturated carbocycles. The first kappa shape index (κ1) is 18.1. The van der Waals surface area contributed by atoms with Gasteiger partial charge in [0.2, 0.25) is 0 Å². The molecule has 0 unspecified atom stereocenters. The van der Waals surface area contributed by atoms with E-state index in [-0.39, 0.29) is 5.91 Å². The Morgan fingerprint density at radius 2 is 2.04 bits per heavy atom. The lowest BCUT2D eigenvalue weighted by molar-refractivity contribution is 0.0499. The molecule has 0 bridgehead atoms. The first-order valence-corrected chi connectivity index (χ1v) is 8.83. The van der Waals surface area contributed by atoms with Gasteiger partial charge in [0, 0.05) is 23.7 Å². The molecular weight excluding hydrogens is 324 g/mol. The van der Waals surface area contributed by atoms with Crippen molar-refractivity contribution in [3.8, 4) is 0 Å². The molecule has 0 fully saturated rings. The van der Waals surface area contributed by atoms with Crippen molar-refractivity contribution in [2.24, 2.45) is 0 Å². The Balaban J connectivity index is 2.03. The quantitative estimate of drug-likeness (QED) is 0.567. The van der Waals surface area contributed by atoms with Crippen LogP contribution in [0.3, 0.4) is 0 Å². The molecule has 2 aromatic rings. The normalized spacial score (nSPS) is 10.5. The Labute approximate surface area is 146 Å². The number of hydrogen-bond donors (Lipinski definition) is 0. The Kier molecular flexibility index (Phi) is 6.49. The first-order chi connectivity index (χ1) is 11.5. The lowest BCUT2D eigenvalue weighted by Crippen LogP contribution is -2.26. The summed E-state index contributed by atoms with van der Waals surface area (Å²) in [5.74, 6) is -0.539. The number of rotatable bonds is 7. The number of aryl methyl sites for hydroxylation is 1. The second-order valence-corrected chi connectivity index (χ2v) is 6.56. The fourth-order valence-electron chi connectivity index (χ4n) is 2.14. The van der Waals surface area contributed by atoms with E-state index in [1.165, 1.54) is 11.3 Å². The highest BCUT2D eigenvalue weighted by atomic mass is 32.1. The smallest absolute Gasteiger partial charge is 0.338 e. The Morgan fingerprint density at radius 1 is 1.29 bits per heavy atom. The first-order valence-electron chi connectivity index (χ1n) is 7.95. The molecular formula is C18H22N2O3S. The monoisotopic (exact) mass is 346 g/mol. The molecule has 1 heterocycles. The maximum Gasteiger partial charge on any atom is 0.338 e. The second kappa shape index (κ2) is 8.59. The van der Waals surface area contributed by atoms with Gasteiger partial charge in [-0.2, -0.15) is 0 Å². The molecule has 1 aromatic heterocycles. The largest absolute Gasteiger partial charge is 0.462 e. The van der Waals surface area contributed by atoms with Gasteiger partial charge in [-0.05, 0) is 31.5 Å². The summed E-state index contributed by atoms with van der Waals surface area (Å²) in [6, 6.07) is 6.65. The summed E-state index contributed by atoms with van der Waals surface area (Å²) in [7, 11) is 1.73. The maximum atomic E-state index is 12.5. The standard InChI is InChI=1S/C18H22N2O3S/c1-4-5-9-23-18(22)15-8-6-7-14(10-15)17(21)20(3)11-16-19-13(2)12-24-16/h6-8,10,12H,4-5,9,11H2,1-3H3. The van der Waals surface area contributed by atoms with Gasteiger partial charge in [-0.15, -0.1) is 11.3 Å². The van der Waals surface area contributed by atoms with Crippen LogP contribution in [-0.4, -0.2) is 35.4 Å². The fourth-order valence-corrected chi connectivity index (χ4v) is 2.97. The molecule has 1 aromatic carbocycles. The zero-order valence-electron chi connectivity index (χ0n) is 14.2. The summed E-state index contributed by atoms with van der Waals surface area (Å²) in [4.78, 5) is 30.5. The fraction of sp³-hybridized carbons (Fsp3) is 0.389. The van der Waals surface area contributed by atoms with Gasteiger partial charge >= 0.3 is 5.97 Å². The van der Waals surface area contributed by atoms with E-state index in [9.17, 15) is 9.59 Å². The molecule has 5 nitrogen and oxygen atoms in total. The Hall–Kier alpha value is -2.21. The number of thiazole rings is 1. The Morgan fingerprint density at radius 3 is 2.71 bits per heavy atom. The van der Waals surface area contributed by atoms with Crippen molar-refractivity contribution in [2.75, 3.05) is 13.7 Å². The van der Waals surface area contributed by atoms with E-state index in [2.05, 4.69) is 4.98 Å². The molecule has 0 N–H and O–H groups in total. The van der Waals surface area contributed by atoms with Crippen LogP contribution in [0, 0.1) is 6.92 Å². The van der Waals surface area contributed by atoms with Gasteiger partial charge in [-0.3, -0.25) is 4.79 Å². The molecule has 0 aliphatic heterocycles.